The van der Waals surface area contributed by atoms with Crippen molar-refractivity contribution in [2.24, 2.45) is 5.92 Å². The van der Waals surface area contributed by atoms with E-state index in [0.717, 1.165) is 61.9 Å². The number of fused-ring (bicyclic) bond motifs is 1. The van der Waals surface area contributed by atoms with Crippen LogP contribution in [0.25, 0.3) is 0 Å². The van der Waals surface area contributed by atoms with Crippen LogP contribution in [-0.2, 0) is 17.6 Å². The first kappa shape index (κ1) is 17.6. The lowest BCUT2D eigenvalue weighted by atomic mass is 9.88. The molecule has 1 aromatic heterocycles. The van der Waals surface area contributed by atoms with Crippen LogP contribution in [0, 0.1) is 12.8 Å². The third kappa shape index (κ3) is 3.51. The molecule has 1 aromatic carbocycles. The monoisotopic (exact) mass is 370 g/mol. The van der Waals surface area contributed by atoms with Crippen LogP contribution in [0.4, 0.5) is 11.4 Å². The fraction of sp³-hybridized carbons (Fsp3) is 0.476. The first-order valence-electron chi connectivity index (χ1n) is 9.46. The van der Waals surface area contributed by atoms with E-state index in [9.17, 15) is 4.79 Å². The van der Waals surface area contributed by atoms with E-state index in [1.807, 2.05) is 11.4 Å². The molecule has 0 spiro atoms. The molecule has 1 N–H and O–H groups in total. The number of carbonyl (C=O) groups excluding carboxylic acids is 1. The molecule has 2 aromatic rings. The topological polar surface area (TPSA) is 41.6 Å². The molecule has 1 aliphatic carbocycles. The van der Waals surface area contributed by atoms with Crippen molar-refractivity contribution in [3.63, 3.8) is 0 Å². The molecule has 0 bridgehead atoms. The van der Waals surface area contributed by atoms with Gasteiger partial charge in [-0.25, -0.2) is 0 Å². The summed E-state index contributed by atoms with van der Waals surface area (Å²) in [6, 6.07) is 6.28. The van der Waals surface area contributed by atoms with Crippen molar-refractivity contribution in [2.45, 2.75) is 33.1 Å². The number of aryl methyl sites for hydroxylation is 1. The summed E-state index contributed by atoms with van der Waals surface area (Å²) in [4.78, 5) is 16.6. The summed E-state index contributed by atoms with van der Waals surface area (Å²) < 4.78 is 5.42. The van der Waals surface area contributed by atoms with E-state index in [2.05, 4.69) is 36.2 Å². The predicted molar refractivity (Wildman–Crippen MR) is 108 cm³/mol. The van der Waals surface area contributed by atoms with Gasteiger partial charge >= 0.3 is 0 Å². The quantitative estimate of drug-likeness (QED) is 0.877. The van der Waals surface area contributed by atoms with Crippen molar-refractivity contribution in [3.05, 3.63) is 45.1 Å². The van der Waals surface area contributed by atoms with Crippen molar-refractivity contribution in [1.29, 1.82) is 0 Å². The zero-order valence-corrected chi connectivity index (χ0v) is 16.3. The van der Waals surface area contributed by atoms with Gasteiger partial charge < -0.3 is 15.0 Å². The zero-order valence-electron chi connectivity index (χ0n) is 15.5. The van der Waals surface area contributed by atoms with Gasteiger partial charge in [0.05, 0.1) is 18.8 Å². The van der Waals surface area contributed by atoms with Gasteiger partial charge in [-0.15, -0.1) is 11.3 Å². The molecule has 0 saturated carbocycles. The number of ether oxygens (including phenoxy) is 1. The Bertz CT molecular complexity index is 808. The summed E-state index contributed by atoms with van der Waals surface area (Å²) in [6.07, 6.45) is 3.32. The molecule has 4 nitrogen and oxygen atoms in total. The van der Waals surface area contributed by atoms with Crippen LogP contribution >= 0.6 is 11.3 Å². The van der Waals surface area contributed by atoms with Crippen LogP contribution in [0.2, 0.25) is 0 Å². The van der Waals surface area contributed by atoms with E-state index in [1.54, 1.807) is 11.3 Å². The lowest BCUT2D eigenvalue weighted by Gasteiger charge is -2.29. The van der Waals surface area contributed by atoms with Crippen LogP contribution in [-0.4, -0.2) is 32.2 Å². The van der Waals surface area contributed by atoms with Crippen molar-refractivity contribution in [3.8, 4) is 0 Å². The maximum Gasteiger partial charge on any atom is 0.256 e. The molecular weight excluding hydrogens is 344 g/mol. The van der Waals surface area contributed by atoms with Crippen LogP contribution in [0.1, 0.15) is 39.7 Å². The van der Waals surface area contributed by atoms with Gasteiger partial charge in [-0.1, -0.05) is 6.92 Å². The highest BCUT2D eigenvalue weighted by molar-refractivity contribution is 7.10. The summed E-state index contributed by atoms with van der Waals surface area (Å²) in [5.74, 6) is 0.756. The maximum atomic E-state index is 12.8. The summed E-state index contributed by atoms with van der Waals surface area (Å²) >= 11 is 1.74. The molecule has 1 fully saturated rings. The number of carbonyl (C=O) groups is 1. The van der Waals surface area contributed by atoms with Gasteiger partial charge in [-0.3, -0.25) is 4.79 Å². The van der Waals surface area contributed by atoms with Gasteiger partial charge in [0.25, 0.3) is 5.91 Å². The lowest BCUT2D eigenvalue weighted by Crippen LogP contribution is -2.36. The molecule has 0 radical (unpaired) electrons. The summed E-state index contributed by atoms with van der Waals surface area (Å²) in [6.45, 7) is 7.75. The minimum Gasteiger partial charge on any atom is -0.378 e. The Hall–Kier alpha value is -1.85. The normalized spacial score (nSPS) is 19.9. The van der Waals surface area contributed by atoms with E-state index in [0.29, 0.717) is 0 Å². The fourth-order valence-corrected chi connectivity index (χ4v) is 5.11. The smallest absolute Gasteiger partial charge is 0.256 e. The molecular formula is C21H26N2O2S. The van der Waals surface area contributed by atoms with E-state index in [4.69, 9.17) is 4.74 Å². The van der Waals surface area contributed by atoms with Crippen molar-refractivity contribution in [2.75, 3.05) is 36.5 Å². The Morgan fingerprint density at radius 1 is 1.31 bits per heavy atom. The van der Waals surface area contributed by atoms with Gasteiger partial charge in [0.1, 0.15) is 0 Å². The molecule has 138 valence electrons. The molecule has 26 heavy (non-hydrogen) atoms. The van der Waals surface area contributed by atoms with E-state index in [1.165, 1.54) is 22.5 Å². The molecule has 4 rings (SSSR count). The van der Waals surface area contributed by atoms with Gasteiger partial charge in [-0.2, -0.15) is 0 Å². The molecule has 1 atom stereocenters. The standard InChI is InChI=1S/C21H26N2O2S/c1-14-3-5-17-18(13-26-20(17)11-14)21(24)22-19-6-4-16(12-15(19)2)23-7-9-25-10-8-23/h4,6,12-14H,3,5,7-11H2,1-2H3,(H,22,24). The number of nitrogens with zero attached hydrogens (tertiary/aromatic N) is 1. The van der Waals surface area contributed by atoms with Crippen LogP contribution < -0.4 is 10.2 Å². The van der Waals surface area contributed by atoms with E-state index >= 15 is 0 Å². The third-order valence-corrected chi connectivity index (χ3v) is 6.53. The maximum absolute atomic E-state index is 12.8. The Kier molecular flexibility index (Phi) is 5.00. The number of anilines is 2. The minimum absolute atomic E-state index is 0.0271. The lowest BCUT2D eigenvalue weighted by molar-refractivity contribution is 0.102. The molecule has 5 heteroatoms. The first-order chi connectivity index (χ1) is 12.6. The number of hydrogen-bond donors (Lipinski definition) is 1. The second-order valence-corrected chi connectivity index (χ2v) is 8.42. The average molecular weight is 371 g/mol. The summed E-state index contributed by atoms with van der Waals surface area (Å²) in [5.41, 5.74) is 5.34. The van der Waals surface area contributed by atoms with E-state index in [-0.39, 0.29) is 5.91 Å². The largest absolute Gasteiger partial charge is 0.378 e. The highest BCUT2D eigenvalue weighted by atomic mass is 32.1. The molecule has 2 aliphatic rings. The summed E-state index contributed by atoms with van der Waals surface area (Å²) in [7, 11) is 0. The summed E-state index contributed by atoms with van der Waals surface area (Å²) in [5, 5.41) is 5.17. The number of rotatable bonds is 3. The van der Waals surface area contributed by atoms with Crippen molar-refractivity contribution >= 4 is 28.6 Å². The molecule has 1 unspecified atom stereocenters. The number of morpholine rings is 1. The highest BCUT2D eigenvalue weighted by Gasteiger charge is 2.23. The molecule has 1 amide bonds. The zero-order chi connectivity index (χ0) is 18.1. The predicted octanol–water partition coefficient (Wildman–Crippen LogP) is 4.27. The first-order valence-corrected chi connectivity index (χ1v) is 10.3. The van der Waals surface area contributed by atoms with Crippen molar-refractivity contribution < 1.29 is 9.53 Å². The van der Waals surface area contributed by atoms with Gasteiger partial charge in [0.2, 0.25) is 0 Å². The molecule has 1 aliphatic heterocycles. The third-order valence-electron chi connectivity index (χ3n) is 5.48. The highest BCUT2D eigenvalue weighted by Crippen LogP contribution is 2.33. The fourth-order valence-electron chi connectivity index (χ4n) is 3.86. The number of nitrogens with one attached hydrogen (secondary N) is 1. The van der Waals surface area contributed by atoms with Gasteiger partial charge in [0.15, 0.2) is 0 Å². The van der Waals surface area contributed by atoms with Gasteiger partial charge in [-0.05, 0) is 61.4 Å². The van der Waals surface area contributed by atoms with Crippen molar-refractivity contribution in [1.82, 2.24) is 0 Å². The molecule has 2 heterocycles. The second-order valence-electron chi connectivity index (χ2n) is 7.45. The average Bonchev–Trinajstić information content (AvgIpc) is 3.07. The van der Waals surface area contributed by atoms with Crippen LogP contribution in [0.3, 0.4) is 0 Å². The Balaban J connectivity index is 1.49. The Morgan fingerprint density at radius 2 is 2.12 bits per heavy atom. The number of benzene rings is 1. The SMILES string of the molecule is Cc1cc(N2CCOCC2)ccc1NC(=O)c1csc2c1CCC(C)C2. The Labute approximate surface area is 159 Å². The van der Waals surface area contributed by atoms with Gasteiger partial charge in [0, 0.05) is 34.7 Å². The number of hydrogen-bond acceptors (Lipinski definition) is 4. The Morgan fingerprint density at radius 3 is 2.88 bits per heavy atom. The molecule has 1 saturated heterocycles. The van der Waals surface area contributed by atoms with Crippen LogP contribution in [0.5, 0.6) is 0 Å². The van der Waals surface area contributed by atoms with E-state index < -0.39 is 0 Å². The number of thiophene rings is 1. The number of amides is 1. The second kappa shape index (κ2) is 7.41. The van der Waals surface area contributed by atoms with Crippen LogP contribution in [0.15, 0.2) is 23.6 Å². The minimum atomic E-state index is 0.0271.